The summed E-state index contributed by atoms with van der Waals surface area (Å²) in [6, 6.07) is 10.6. The normalized spacial score (nSPS) is 11.2. The number of hydrogen-bond donors (Lipinski definition) is 2. The summed E-state index contributed by atoms with van der Waals surface area (Å²) in [5.74, 6) is -0.299. The van der Waals surface area contributed by atoms with Gasteiger partial charge in [-0.2, -0.15) is 0 Å². The Kier molecular flexibility index (Phi) is 4.32. The highest BCUT2D eigenvalue weighted by molar-refractivity contribution is 7.89. The third kappa shape index (κ3) is 3.81. The molecular weight excluding hydrogens is 312 g/mol. The van der Waals surface area contributed by atoms with Crippen LogP contribution in [-0.2, 0) is 10.0 Å². The van der Waals surface area contributed by atoms with Gasteiger partial charge in [-0.05, 0) is 55.0 Å². The van der Waals surface area contributed by atoms with Crippen LogP contribution in [0.2, 0.25) is 5.02 Å². The molecule has 0 fully saturated rings. The van der Waals surface area contributed by atoms with Gasteiger partial charge in [-0.3, -0.25) is 4.79 Å². The van der Waals surface area contributed by atoms with Crippen molar-refractivity contribution in [3.8, 4) is 0 Å². The van der Waals surface area contributed by atoms with E-state index in [0.717, 1.165) is 5.56 Å². The van der Waals surface area contributed by atoms with Crippen LogP contribution in [0.15, 0.2) is 47.4 Å². The third-order valence-corrected chi connectivity index (χ3v) is 4.04. The molecule has 0 aliphatic heterocycles. The number of rotatable bonds is 3. The van der Waals surface area contributed by atoms with E-state index < -0.39 is 10.0 Å². The fraction of sp³-hybridized carbons (Fsp3) is 0.0714. The average molecular weight is 325 g/mol. The van der Waals surface area contributed by atoms with Crippen molar-refractivity contribution in [1.29, 1.82) is 0 Å². The molecule has 0 unspecified atom stereocenters. The molecule has 0 atom stereocenters. The number of carbonyl (C=O) groups is 1. The van der Waals surface area contributed by atoms with Crippen LogP contribution in [0.25, 0.3) is 0 Å². The number of amides is 1. The molecule has 1 amide bonds. The first-order valence-corrected chi connectivity index (χ1v) is 7.90. The van der Waals surface area contributed by atoms with Gasteiger partial charge in [0.2, 0.25) is 10.0 Å². The zero-order valence-corrected chi connectivity index (χ0v) is 12.7. The minimum Gasteiger partial charge on any atom is -0.322 e. The molecule has 0 aliphatic rings. The van der Waals surface area contributed by atoms with Gasteiger partial charge in [0.1, 0.15) is 0 Å². The molecule has 0 aromatic heterocycles. The predicted octanol–water partition coefficient (Wildman–Crippen LogP) is 2.55. The van der Waals surface area contributed by atoms with Crippen molar-refractivity contribution in [3.05, 3.63) is 58.6 Å². The van der Waals surface area contributed by atoms with E-state index in [9.17, 15) is 13.2 Å². The lowest BCUT2D eigenvalue weighted by atomic mass is 10.1. The summed E-state index contributed by atoms with van der Waals surface area (Å²) in [6.07, 6.45) is 0. The molecule has 0 bridgehead atoms. The second-order valence-corrected chi connectivity index (χ2v) is 6.48. The Balaban J connectivity index is 2.20. The maximum atomic E-state index is 12.1. The van der Waals surface area contributed by atoms with E-state index in [2.05, 4.69) is 5.32 Å². The summed E-state index contributed by atoms with van der Waals surface area (Å²) in [7, 11) is -3.74. The van der Waals surface area contributed by atoms with Gasteiger partial charge in [-0.15, -0.1) is 0 Å². The molecule has 0 saturated carbocycles. The molecule has 110 valence electrons. The maximum absolute atomic E-state index is 12.1. The van der Waals surface area contributed by atoms with E-state index in [1.54, 1.807) is 25.1 Å². The van der Waals surface area contributed by atoms with Crippen LogP contribution in [0.5, 0.6) is 0 Å². The molecule has 2 aromatic rings. The van der Waals surface area contributed by atoms with Gasteiger partial charge in [0.05, 0.1) is 4.90 Å². The fourth-order valence-electron chi connectivity index (χ4n) is 1.81. The third-order valence-electron chi connectivity index (χ3n) is 2.87. The number of aryl methyl sites for hydroxylation is 1. The molecule has 0 radical (unpaired) electrons. The van der Waals surface area contributed by atoms with Gasteiger partial charge < -0.3 is 5.32 Å². The molecule has 0 saturated heterocycles. The summed E-state index contributed by atoms with van der Waals surface area (Å²) in [4.78, 5) is 12.1. The van der Waals surface area contributed by atoms with Crippen LogP contribution in [0.3, 0.4) is 0 Å². The number of nitrogens with one attached hydrogen (secondary N) is 1. The first-order chi connectivity index (χ1) is 9.77. The van der Waals surface area contributed by atoms with Crippen LogP contribution >= 0.6 is 11.6 Å². The Morgan fingerprint density at radius 1 is 1.14 bits per heavy atom. The molecule has 2 rings (SSSR count). The Hall–Kier alpha value is -1.89. The van der Waals surface area contributed by atoms with Crippen LogP contribution in [-0.4, -0.2) is 14.3 Å². The average Bonchev–Trinajstić information content (AvgIpc) is 2.38. The molecule has 5 nitrogen and oxygen atoms in total. The van der Waals surface area contributed by atoms with Crippen molar-refractivity contribution in [1.82, 2.24) is 0 Å². The topological polar surface area (TPSA) is 89.3 Å². The van der Waals surface area contributed by atoms with Crippen LogP contribution in [0, 0.1) is 6.92 Å². The van der Waals surface area contributed by atoms with E-state index in [0.29, 0.717) is 16.3 Å². The van der Waals surface area contributed by atoms with Gasteiger partial charge in [0.25, 0.3) is 5.91 Å². The maximum Gasteiger partial charge on any atom is 0.255 e. The predicted molar refractivity (Wildman–Crippen MR) is 82.0 cm³/mol. The lowest BCUT2D eigenvalue weighted by molar-refractivity contribution is 0.102. The molecular formula is C14H13ClN2O3S. The summed E-state index contributed by atoms with van der Waals surface area (Å²) in [6.45, 7) is 1.78. The number of primary sulfonamides is 1. The number of hydrogen-bond acceptors (Lipinski definition) is 3. The lowest BCUT2D eigenvalue weighted by Crippen LogP contribution is -2.14. The highest BCUT2D eigenvalue weighted by Crippen LogP contribution is 2.18. The zero-order valence-electron chi connectivity index (χ0n) is 11.1. The van der Waals surface area contributed by atoms with E-state index in [1.165, 1.54) is 24.3 Å². The Morgan fingerprint density at radius 2 is 1.76 bits per heavy atom. The van der Waals surface area contributed by atoms with Gasteiger partial charge in [0.15, 0.2) is 0 Å². The molecule has 3 N–H and O–H groups in total. The van der Waals surface area contributed by atoms with Crippen molar-refractivity contribution in [2.24, 2.45) is 5.14 Å². The largest absolute Gasteiger partial charge is 0.322 e. The summed E-state index contributed by atoms with van der Waals surface area (Å²) >= 11 is 5.84. The summed E-state index contributed by atoms with van der Waals surface area (Å²) in [5.41, 5.74) is 1.72. The molecule has 0 aliphatic carbocycles. The second kappa shape index (κ2) is 5.85. The Labute approximate surface area is 127 Å². The number of benzene rings is 2. The fourth-order valence-corrected chi connectivity index (χ4v) is 2.55. The van der Waals surface area contributed by atoms with Crippen molar-refractivity contribution < 1.29 is 13.2 Å². The van der Waals surface area contributed by atoms with Crippen LogP contribution in [0.1, 0.15) is 15.9 Å². The van der Waals surface area contributed by atoms with Gasteiger partial charge >= 0.3 is 0 Å². The van der Waals surface area contributed by atoms with E-state index in [4.69, 9.17) is 16.7 Å². The van der Waals surface area contributed by atoms with E-state index >= 15 is 0 Å². The molecule has 0 spiro atoms. The Bertz CT molecular complexity index is 786. The monoisotopic (exact) mass is 324 g/mol. The number of sulfonamides is 1. The highest BCUT2D eigenvalue weighted by Gasteiger charge is 2.11. The molecule has 2 aromatic carbocycles. The SMILES string of the molecule is Cc1cc(Cl)ccc1C(=O)Nc1ccc(S(N)(=O)=O)cc1. The van der Waals surface area contributed by atoms with Gasteiger partial charge in [-0.1, -0.05) is 11.6 Å². The zero-order chi connectivity index (χ0) is 15.6. The number of nitrogens with two attached hydrogens (primary N) is 1. The van der Waals surface area contributed by atoms with Gasteiger partial charge in [0, 0.05) is 16.3 Å². The minimum atomic E-state index is -3.74. The van der Waals surface area contributed by atoms with Crippen LogP contribution < -0.4 is 10.5 Å². The quantitative estimate of drug-likeness (QED) is 0.909. The summed E-state index contributed by atoms with van der Waals surface area (Å²) in [5, 5.41) is 8.24. The van der Waals surface area contributed by atoms with Crippen molar-refractivity contribution in [2.45, 2.75) is 11.8 Å². The first-order valence-electron chi connectivity index (χ1n) is 5.98. The van der Waals surface area contributed by atoms with Crippen molar-refractivity contribution >= 4 is 33.2 Å². The smallest absolute Gasteiger partial charge is 0.255 e. The van der Waals surface area contributed by atoms with Gasteiger partial charge in [-0.25, -0.2) is 13.6 Å². The van der Waals surface area contributed by atoms with Crippen LogP contribution in [0.4, 0.5) is 5.69 Å². The minimum absolute atomic E-state index is 0.0110. The van der Waals surface area contributed by atoms with Crippen molar-refractivity contribution in [2.75, 3.05) is 5.32 Å². The standard InChI is InChI=1S/C14H13ClN2O3S/c1-9-8-10(15)2-7-13(9)14(18)17-11-3-5-12(6-4-11)21(16,19)20/h2-8H,1H3,(H,17,18)(H2,16,19,20). The highest BCUT2D eigenvalue weighted by atomic mass is 35.5. The molecule has 21 heavy (non-hydrogen) atoms. The lowest BCUT2D eigenvalue weighted by Gasteiger charge is -2.08. The molecule has 0 heterocycles. The number of halogens is 1. The Morgan fingerprint density at radius 3 is 2.29 bits per heavy atom. The number of carbonyl (C=O) groups excluding carboxylic acids is 1. The van der Waals surface area contributed by atoms with E-state index in [1.807, 2.05) is 0 Å². The van der Waals surface area contributed by atoms with E-state index in [-0.39, 0.29) is 10.8 Å². The second-order valence-electron chi connectivity index (χ2n) is 4.48. The van der Waals surface area contributed by atoms with Crippen molar-refractivity contribution in [3.63, 3.8) is 0 Å². The summed E-state index contributed by atoms with van der Waals surface area (Å²) < 4.78 is 22.3. The first kappa shape index (κ1) is 15.5. The number of anilines is 1. The molecule has 7 heteroatoms.